The van der Waals surface area contributed by atoms with Crippen LogP contribution in [0.3, 0.4) is 0 Å². The lowest BCUT2D eigenvalue weighted by Crippen LogP contribution is -2.45. The van der Waals surface area contributed by atoms with Gasteiger partial charge in [0.1, 0.15) is 5.82 Å². The minimum Gasteiger partial charge on any atom is -0.367 e. The Balaban J connectivity index is 1.76. The summed E-state index contributed by atoms with van der Waals surface area (Å²) < 4.78 is 0. The smallest absolute Gasteiger partial charge is 0.148 e. The monoisotopic (exact) mass is 263 g/mol. The van der Waals surface area contributed by atoms with E-state index in [9.17, 15) is 0 Å². The lowest BCUT2D eigenvalue weighted by atomic mass is 9.92. The molecule has 0 radical (unpaired) electrons. The first-order valence-electron chi connectivity index (χ1n) is 7.07. The Bertz CT molecular complexity index is 376. The first kappa shape index (κ1) is 14.2. The van der Waals surface area contributed by atoms with E-state index >= 15 is 0 Å². The summed E-state index contributed by atoms with van der Waals surface area (Å²) in [6.45, 7) is 12.9. The van der Waals surface area contributed by atoms with Gasteiger partial charge in [-0.25, -0.2) is 0 Å². The van der Waals surface area contributed by atoms with Gasteiger partial charge in [0, 0.05) is 44.7 Å². The fourth-order valence-corrected chi connectivity index (χ4v) is 2.10. The zero-order valence-electron chi connectivity index (χ0n) is 12.2. The average Bonchev–Trinajstić information content (AvgIpc) is 2.39. The number of aromatic nitrogens is 2. The van der Waals surface area contributed by atoms with Crippen LogP contribution in [0.25, 0.3) is 0 Å². The molecular formula is C14H25N5. The zero-order valence-corrected chi connectivity index (χ0v) is 12.2. The summed E-state index contributed by atoms with van der Waals surface area (Å²) in [5.74, 6) is 0.864. The number of hydrogen-bond acceptors (Lipinski definition) is 5. The van der Waals surface area contributed by atoms with E-state index in [1.54, 1.807) is 0 Å². The third-order valence-corrected chi connectivity index (χ3v) is 3.38. The van der Waals surface area contributed by atoms with Gasteiger partial charge in [-0.3, -0.25) is 4.90 Å². The molecule has 2 heterocycles. The molecule has 0 bridgehead atoms. The molecule has 5 nitrogen and oxygen atoms in total. The van der Waals surface area contributed by atoms with Crippen LogP contribution in [-0.2, 0) is 5.41 Å². The van der Waals surface area contributed by atoms with Gasteiger partial charge < -0.3 is 10.6 Å². The third-order valence-electron chi connectivity index (χ3n) is 3.38. The van der Waals surface area contributed by atoms with E-state index < -0.39 is 0 Å². The van der Waals surface area contributed by atoms with E-state index in [0.717, 1.165) is 50.8 Å². The van der Waals surface area contributed by atoms with Gasteiger partial charge in [-0.15, -0.1) is 5.10 Å². The van der Waals surface area contributed by atoms with Crippen molar-refractivity contribution in [3.63, 3.8) is 0 Å². The highest BCUT2D eigenvalue weighted by Crippen LogP contribution is 2.19. The van der Waals surface area contributed by atoms with Gasteiger partial charge in [-0.05, 0) is 12.1 Å². The summed E-state index contributed by atoms with van der Waals surface area (Å²) in [5, 5.41) is 15.2. The van der Waals surface area contributed by atoms with E-state index in [1.165, 1.54) is 0 Å². The van der Waals surface area contributed by atoms with E-state index in [0.29, 0.717) is 0 Å². The summed E-state index contributed by atoms with van der Waals surface area (Å²) >= 11 is 0. The lowest BCUT2D eigenvalue weighted by Gasteiger charge is -2.27. The van der Waals surface area contributed by atoms with Crippen LogP contribution in [0.5, 0.6) is 0 Å². The number of nitrogens with zero attached hydrogens (tertiary/aromatic N) is 3. The minimum absolute atomic E-state index is 0.0618. The molecule has 1 aromatic heterocycles. The molecule has 0 amide bonds. The number of hydrogen-bond donors (Lipinski definition) is 2. The first-order chi connectivity index (χ1) is 9.05. The Kier molecular flexibility index (Phi) is 4.71. The third kappa shape index (κ3) is 4.44. The molecular weight excluding hydrogens is 238 g/mol. The molecule has 0 aromatic carbocycles. The van der Waals surface area contributed by atoms with Crippen molar-refractivity contribution in [2.45, 2.75) is 26.2 Å². The van der Waals surface area contributed by atoms with Gasteiger partial charge in [0.15, 0.2) is 0 Å². The summed E-state index contributed by atoms with van der Waals surface area (Å²) in [5.41, 5.74) is 1.09. The van der Waals surface area contributed by atoms with Crippen LogP contribution < -0.4 is 10.6 Å². The van der Waals surface area contributed by atoms with Gasteiger partial charge >= 0.3 is 0 Å². The second-order valence-electron chi connectivity index (χ2n) is 6.07. The maximum absolute atomic E-state index is 4.28. The average molecular weight is 263 g/mol. The summed E-state index contributed by atoms with van der Waals surface area (Å²) in [7, 11) is 0. The SMILES string of the molecule is CC(C)(C)c1ccc(NCCN2CCNCC2)nn1. The maximum atomic E-state index is 4.28. The van der Waals surface area contributed by atoms with Crippen LogP contribution in [0.15, 0.2) is 12.1 Å². The van der Waals surface area contributed by atoms with Crippen LogP contribution in [0.4, 0.5) is 5.82 Å². The highest BCUT2D eigenvalue weighted by molar-refractivity contribution is 5.33. The summed E-state index contributed by atoms with van der Waals surface area (Å²) in [4.78, 5) is 2.46. The number of nitrogens with one attached hydrogen (secondary N) is 2. The fraction of sp³-hybridized carbons (Fsp3) is 0.714. The first-order valence-corrected chi connectivity index (χ1v) is 7.07. The molecule has 0 spiro atoms. The molecule has 1 aromatic rings. The van der Waals surface area contributed by atoms with Crippen molar-refractivity contribution in [1.82, 2.24) is 20.4 Å². The summed E-state index contributed by atoms with van der Waals surface area (Å²) in [6, 6.07) is 4.07. The van der Waals surface area contributed by atoms with Crippen molar-refractivity contribution in [1.29, 1.82) is 0 Å². The predicted octanol–water partition coefficient (Wildman–Crippen LogP) is 1.09. The van der Waals surface area contributed by atoms with Crippen molar-refractivity contribution in [3.05, 3.63) is 17.8 Å². The molecule has 0 atom stereocenters. The quantitative estimate of drug-likeness (QED) is 0.852. The molecule has 1 saturated heterocycles. The van der Waals surface area contributed by atoms with E-state index in [4.69, 9.17) is 0 Å². The van der Waals surface area contributed by atoms with Gasteiger partial charge in [0.05, 0.1) is 5.69 Å². The molecule has 1 fully saturated rings. The second-order valence-corrected chi connectivity index (χ2v) is 6.07. The second kappa shape index (κ2) is 6.30. The van der Waals surface area contributed by atoms with E-state index in [2.05, 4.69) is 52.6 Å². The Labute approximate surface area is 115 Å². The molecule has 2 N–H and O–H groups in total. The molecule has 0 aliphatic carbocycles. The van der Waals surface area contributed by atoms with Crippen molar-refractivity contribution in [3.8, 4) is 0 Å². The van der Waals surface area contributed by atoms with Crippen molar-refractivity contribution >= 4 is 5.82 Å². The molecule has 19 heavy (non-hydrogen) atoms. The fourth-order valence-electron chi connectivity index (χ4n) is 2.10. The van der Waals surface area contributed by atoms with E-state index in [-0.39, 0.29) is 5.41 Å². The van der Waals surface area contributed by atoms with Gasteiger partial charge in [-0.1, -0.05) is 20.8 Å². The molecule has 2 rings (SSSR count). The van der Waals surface area contributed by atoms with Crippen molar-refractivity contribution < 1.29 is 0 Å². The predicted molar refractivity (Wildman–Crippen MR) is 78.5 cm³/mol. The van der Waals surface area contributed by atoms with E-state index in [1.807, 2.05) is 6.07 Å². The molecule has 0 saturated carbocycles. The maximum Gasteiger partial charge on any atom is 0.148 e. The standard InChI is InChI=1S/C14H25N5/c1-14(2,3)12-4-5-13(18-17-12)16-8-11-19-9-6-15-7-10-19/h4-5,15H,6-11H2,1-3H3,(H,16,18). The number of piperazine rings is 1. The van der Waals surface area contributed by atoms with Gasteiger partial charge in [-0.2, -0.15) is 5.10 Å². The van der Waals surface area contributed by atoms with Crippen LogP contribution in [0.2, 0.25) is 0 Å². The largest absolute Gasteiger partial charge is 0.367 e. The van der Waals surface area contributed by atoms with Crippen molar-refractivity contribution in [2.75, 3.05) is 44.6 Å². The molecule has 0 unspecified atom stereocenters. The van der Waals surface area contributed by atoms with Crippen LogP contribution in [0.1, 0.15) is 26.5 Å². The molecule has 5 heteroatoms. The zero-order chi connectivity index (χ0) is 13.7. The van der Waals surface area contributed by atoms with Gasteiger partial charge in [0.25, 0.3) is 0 Å². The number of anilines is 1. The molecule has 1 aliphatic heterocycles. The highest BCUT2D eigenvalue weighted by atomic mass is 15.2. The van der Waals surface area contributed by atoms with Crippen LogP contribution >= 0.6 is 0 Å². The lowest BCUT2D eigenvalue weighted by molar-refractivity contribution is 0.249. The van der Waals surface area contributed by atoms with Crippen molar-refractivity contribution in [2.24, 2.45) is 0 Å². The summed E-state index contributed by atoms with van der Waals surface area (Å²) in [6.07, 6.45) is 0. The molecule has 106 valence electrons. The highest BCUT2D eigenvalue weighted by Gasteiger charge is 2.15. The Morgan fingerprint density at radius 3 is 2.53 bits per heavy atom. The van der Waals surface area contributed by atoms with Crippen LogP contribution in [-0.4, -0.2) is 54.4 Å². The Morgan fingerprint density at radius 1 is 1.21 bits per heavy atom. The van der Waals surface area contributed by atoms with Gasteiger partial charge in [0.2, 0.25) is 0 Å². The minimum atomic E-state index is 0.0618. The number of rotatable bonds is 4. The normalized spacial score (nSPS) is 17.4. The topological polar surface area (TPSA) is 53.1 Å². The Morgan fingerprint density at radius 2 is 1.95 bits per heavy atom. The molecule has 1 aliphatic rings. The van der Waals surface area contributed by atoms with Crippen LogP contribution in [0, 0.1) is 0 Å². The Hall–Kier alpha value is -1.20.